The Morgan fingerprint density at radius 2 is 1.88 bits per heavy atom. The Balaban J connectivity index is 1.66. The Bertz CT molecular complexity index is 969. The molecule has 1 heterocycles. The number of anilines is 1. The fourth-order valence-electron chi connectivity index (χ4n) is 2.32. The first-order chi connectivity index (χ1) is 12.0. The van der Waals surface area contributed by atoms with E-state index in [9.17, 15) is 9.59 Å². The Labute approximate surface area is 158 Å². The quantitative estimate of drug-likeness (QED) is 0.664. The van der Waals surface area contributed by atoms with Gasteiger partial charge in [0.15, 0.2) is 0 Å². The first-order valence-corrected chi connectivity index (χ1v) is 9.04. The third kappa shape index (κ3) is 3.95. The topological polar surface area (TPSA) is 58.2 Å². The molecule has 1 aromatic heterocycles. The van der Waals surface area contributed by atoms with Crippen molar-refractivity contribution in [1.82, 2.24) is 5.32 Å². The highest BCUT2D eigenvalue weighted by Gasteiger charge is 2.17. The van der Waals surface area contributed by atoms with E-state index in [1.165, 1.54) is 11.3 Å². The molecule has 2 amide bonds. The van der Waals surface area contributed by atoms with Crippen LogP contribution in [0.3, 0.4) is 0 Å². The molecule has 3 aromatic rings. The molecule has 2 aromatic carbocycles. The lowest BCUT2D eigenvalue weighted by Gasteiger charge is -2.09. The van der Waals surface area contributed by atoms with E-state index >= 15 is 0 Å². The first kappa shape index (κ1) is 17.7. The third-order valence-electron chi connectivity index (χ3n) is 3.62. The van der Waals surface area contributed by atoms with E-state index in [-0.39, 0.29) is 18.4 Å². The van der Waals surface area contributed by atoms with Crippen molar-refractivity contribution in [2.75, 3.05) is 11.9 Å². The number of amides is 2. The van der Waals surface area contributed by atoms with Gasteiger partial charge in [-0.2, -0.15) is 0 Å². The second kappa shape index (κ2) is 7.44. The molecule has 2 N–H and O–H groups in total. The molecule has 0 saturated carbocycles. The van der Waals surface area contributed by atoms with Gasteiger partial charge in [-0.1, -0.05) is 47.5 Å². The molecule has 0 spiro atoms. The van der Waals surface area contributed by atoms with Crippen molar-refractivity contribution >= 4 is 62.1 Å². The largest absolute Gasteiger partial charge is 0.342 e. The van der Waals surface area contributed by atoms with Crippen LogP contribution in [0.25, 0.3) is 10.1 Å². The summed E-state index contributed by atoms with van der Waals surface area (Å²) in [5, 5.41) is 7.10. The molecule has 0 aliphatic rings. The number of halogens is 2. The minimum Gasteiger partial charge on any atom is -0.342 e. The predicted molar refractivity (Wildman–Crippen MR) is 104 cm³/mol. The number of rotatable bonds is 4. The number of benzene rings is 2. The van der Waals surface area contributed by atoms with E-state index in [1.807, 2.05) is 37.3 Å². The van der Waals surface area contributed by atoms with Crippen molar-refractivity contribution in [3.8, 4) is 0 Å². The van der Waals surface area contributed by atoms with Crippen LogP contribution in [0.2, 0.25) is 10.0 Å². The van der Waals surface area contributed by atoms with Crippen molar-refractivity contribution in [1.29, 1.82) is 0 Å². The molecule has 4 nitrogen and oxygen atoms in total. The highest BCUT2D eigenvalue weighted by molar-refractivity contribution is 7.21. The summed E-state index contributed by atoms with van der Waals surface area (Å²) in [6.45, 7) is 1.71. The van der Waals surface area contributed by atoms with E-state index in [1.54, 1.807) is 12.1 Å². The molecular formula is C18H14Cl2N2O2S. The van der Waals surface area contributed by atoms with Crippen LogP contribution in [0.4, 0.5) is 5.69 Å². The maximum Gasteiger partial charge on any atom is 0.263 e. The van der Waals surface area contributed by atoms with Crippen molar-refractivity contribution in [2.24, 2.45) is 0 Å². The summed E-state index contributed by atoms with van der Waals surface area (Å²) < 4.78 is 0.927. The van der Waals surface area contributed by atoms with Gasteiger partial charge in [0.1, 0.15) is 4.88 Å². The average molecular weight is 393 g/mol. The molecule has 128 valence electrons. The van der Waals surface area contributed by atoms with Crippen molar-refractivity contribution in [3.63, 3.8) is 0 Å². The van der Waals surface area contributed by atoms with Gasteiger partial charge in [0.05, 0.1) is 11.6 Å². The molecule has 7 heteroatoms. The maximum atomic E-state index is 12.3. The molecule has 0 radical (unpaired) electrons. The fourth-order valence-corrected chi connectivity index (χ4v) is 3.93. The zero-order valence-corrected chi connectivity index (χ0v) is 15.6. The van der Waals surface area contributed by atoms with Crippen LogP contribution in [0, 0.1) is 6.92 Å². The number of hydrogen-bond donors (Lipinski definition) is 2. The van der Waals surface area contributed by atoms with Crippen LogP contribution in [0.1, 0.15) is 15.2 Å². The minimum absolute atomic E-state index is 0.157. The monoisotopic (exact) mass is 392 g/mol. The van der Waals surface area contributed by atoms with Crippen LogP contribution in [0.15, 0.2) is 42.5 Å². The molecule has 0 bridgehead atoms. The summed E-state index contributed by atoms with van der Waals surface area (Å²) in [5.41, 5.74) is 1.50. The van der Waals surface area contributed by atoms with Crippen LogP contribution in [0.5, 0.6) is 0 Å². The lowest BCUT2D eigenvalue weighted by Crippen LogP contribution is -2.32. The molecule has 0 aliphatic heterocycles. The second-order valence-electron chi connectivity index (χ2n) is 5.43. The van der Waals surface area contributed by atoms with Crippen LogP contribution < -0.4 is 10.6 Å². The molecule has 0 saturated heterocycles. The molecule has 0 aliphatic carbocycles. The summed E-state index contributed by atoms with van der Waals surface area (Å²) in [7, 11) is 0. The van der Waals surface area contributed by atoms with E-state index in [0.717, 1.165) is 15.6 Å². The van der Waals surface area contributed by atoms with Crippen molar-refractivity contribution < 1.29 is 9.59 Å². The first-order valence-electron chi connectivity index (χ1n) is 7.47. The highest BCUT2D eigenvalue weighted by Crippen LogP contribution is 2.34. The van der Waals surface area contributed by atoms with Gasteiger partial charge in [-0.3, -0.25) is 9.59 Å². The number of fused-ring (bicyclic) bond motifs is 1. The average Bonchev–Trinajstić information content (AvgIpc) is 2.93. The van der Waals surface area contributed by atoms with E-state index in [0.29, 0.717) is 20.6 Å². The van der Waals surface area contributed by atoms with Gasteiger partial charge in [-0.25, -0.2) is 0 Å². The summed E-state index contributed by atoms with van der Waals surface area (Å²) in [5.74, 6) is -0.708. The predicted octanol–water partition coefficient (Wildman–Crippen LogP) is 4.89. The number of hydrogen-bond acceptors (Lipinski definition) is 3. The molecular weight excluding hydrogens is 379 g/mol. The Morgan fingerprint density at radius 3 is 2.64 bits per heavy atom. The molecule has 25 heavy (non-hydrogen) atoms. The molecule has 0 unspecified atom stereocenters. The Morgan fingerprint density at radius 1 is 1.12 bits per heavy atom. The van der Waals surface area contributed by atoms with Gasteiger partial charge in [-0.15, -0.1) is 11.3 Å². The number of nitrogens with one attached hydrogen (secondary N) is 2. The summed E-state index contributed by atoms with van der Waals surface area (Å²) in [6.07, 6.45) is 0. The third-order valence-corrected chi connectivity index (χ3v) is 5.53. The van der Waals surface area contributed by atoms with Crippen LogP contribution in [-0.4, -0.2) is 18.4 Å². The minimum atomic E-state index is -0.371. The fraction of sp³-hybridized carbons (Fsp3) is 0.111. The number of carbonyl (C=O) groups excluding carboxylic acids is 2. The van der Waals surface area contributed by atoms with Gasteiger partial charge in [0, 0.05) is 20.8 Å². The Kier molecular flexibility index (Phi) is 5.27. The van der Waals surface area contributed by atoms with E-state index in [2.05, 4.69) is 10.6 Å². The van der Waals surface area contributed by atoms with Crippen LogP contribution in [-0.2, 0) is 4.79 Å². The van der Waals surface area contributed by atoms with Gasteiger partial charge in [0.2, 0.25) is 5.91 Å². The van der Waals surface area contributed by atoms with Crippen molar-refractivity contribution in [3.05, 3.63) is 63.0 Å². The summed E-state index contributed by atoms with van der Waals surface area (Å²) in [4.78, 5) is 24.8. The number of aryl methyl sites for hydroxylation is 1. The Hall–Kier alpha value is -2.08. The van der Waals surface area contributed by atoms with E-state index in [4.69, 9.17) is 23.2 Å². The lowest BCUT2D eigenvalue weighted by atomic mass is 10.2. The number of thiophene rings is 1. The zero-order chi connectivity index (χ0) is 18.0. The lowest BCUT2D eigenvalue weighted by molar-refractivity contribution is -0.115. The smallest absolute Gasteiger partial charge is 0.263 e. The summed E-state index contributed by atoms with van der Waals surface area (Å²) in [6, 6.07) is 12.7. The standard InChI is InChI=1S/C18H14Cl2N2O2S/c1-10-6-7-11(19)8-13(10)22-15(23)9-21-18(24)17-16(20)12-4-2-3-5-14(12)25-17/h2-8H,9H2,1H3,(H,21,24)(H,22,23). The molecule has 0 fully saturated rings. The van der Waals surface area contributed by atoms with Gasteiger partial charge >= 0.3 is 0 Å². The normalized spacial score (nSPS) is 10.7. The van der Waals surface area contributed by atoms with Crippen LogP contribution >= 0.6 is 34.5 Å². The van der Waals surface area contributed by atoms with Crippen molar-refractivity contribution in [2.45, 2.75) is 6.92 Å². The summed E-state index contributed by atoms with van der Waals surface area (Å²) >= 11 is 13.5. The van der Waals surface area contributed by atoms with Gasteiger partial charge in [-0.05, 0) is 30.7 Å². The van der Waals surface area contributed by atoms with E-state index < -0.39 is 0 Å². The zero-order valence-electron chi connectivity index (χ0n) is 13.2. The highest BCUT2D eigenvalue weighted by atomic mass is 35.5. The molecule has 3 rings (SSSR count). The number of carbonyl (C=O) groups is 2. The second-order valence-corrected chi connectivity index (χ2v) is 7.30. The maximum absolute atomic E-state index is 12.3. The molecule has 0 atom stereocenters. The van der Waals surface area contributed by atoms with Gasteiger partial charge < -0.3 is 10.6 Å². The SMILES string of the molecule is Cc1ccc(Cl)cc1NC(=O)CNC(=O)c1sc2ccccc2c1Cl. The van der Waals surface area contributed by atoms with Gasteiger partial charge in [0.25, 0.3) is 5.91 Å².